The van der Waals surface area contributed by atoms with E-state index in [2.05, 4.69) is 5.32 Å². The van der Waals surface area contributed by atoms with Gasteiger partial charge in [0.05, 0.1) is 15.5 Å². The van der Waals surface area contributed by atoms with E-state index in [4.69, 9.17) is 0 Å². The molecule has 8 aromatic rings. The van der Waals surface area contributed by atoms with Crippen LogP contribution in [-0.2, 0) is 83.7 Å². The highest BCUT2D eigenvalue weighted by Gasteiger charge is 2.25. The molecule has 0 saturated carbocycles. The molecule has 8 rings (SSSR count). The van der Waals surface area contributed by atoms with E-state index in [0.717, 1.165) is 16.8 Å². The van der Waals surface area contributed by atoms with Crippen molar-refractivity contribution >= 4 is 94.4 Å². The van der Waals surface area contributed by atoms with Gasteiger partial charge < -0.3 is 5.32 Å². The van der Waals surface area contributed by atoms with E-state index < -0.39 is 80.6 Å². The Labute approximate surface area is 518 Å². The smallest absolute Gasteiger partial charge is 0.296 e. The first-order valence-electron chi connectivity index (χ1n) is 25.9. The molecule has 0 bridgehead atoms. The van der Waals surface area contributed by atoms with Gasteiger partial charge in [-0.15, -0.1) is 0 Å². The summed E-state index contributed by atoms with van der Waals surface area (Å²) in [5, 5.41) is 2.99. The van der Waals surface area contributed by atoms with Crippen LogP contribution in [0.4, 0.5) is 11.4 Å². The van der Waals surface area contributed by atoms with Crippen LogP contribution in [0.15, 0.2) is 186 Å². The normalized spacial score (nSPS) is 12.2. The third-order valence-corrected chi connectivity index (χ3v) is 19.2. The average molecular weight is 1360 g/mol. The van der Waals surface area contributed by atoms with Crippen molar-refractivity contribution in [3.8, 4) is 11.1 Å². The standard InChI is InChI=1S/C16H18O6S2.C16H16O6S2.C14H15NO3S.C14H14O6S2/c2*1-11-3-5-13(15(9-11)23(17,18)19)7-8-14-6-4-12(2)10-16(14)24(20,21)22;1-10-3-6-12(7-4-10)15-13-8-5-11(2)9-14(13)19(16,17)18;1-9-3-5-11(13(7-9)21(15,16)17)12-6-4-10(2)8-14(12)22(18,19)20/h3-6,9-10H,7-8H2,1-2H3,(H,17,18,19)(H,20,21,22);3-10H,1-2H3,(H,17,18,19)(H,20,21,22);3-9,15H,1-2H3,(H,16,17,18);3-8H,1-2H3,(H,15,16,17)(H,18,19,20). The Balaban J connectivity index is 0.000000217. The SMILES string of the molecule is Cc1ccc(-c2ccc(C)cc2S(=O)(=O)O)c(S(=O)(=O)O)c1.Cc1ccc(C=Cc2ccc(C)cc2S(=O)(=O)O)c(S(=O)(=O)O)c1.Cc1ccc(CCc2ccc(C)cc2S(=O)(=O)O)c(S(=O)(=O)O)c1.Cc1ccc(Nc2ccc(C)cc2S(=O)(=O)O)cc1. The summed E-state index contributed by atoms with van der Waals surface area (Å²) in [6.45, 7) is 13.8. The Morgan fingerprint density at radius 3 is 0.843 bits per heavy atom. The third-order valence-electron chi connectivity index (χ3n) is 12.9. The minimum atomic E-state index is -4.55. The van der Waals surface area contributed by atoms with E-state index in [0.29, 0.717) is 50.2 Å². The van der Waals surface area contributed by atoms with Crippen molar-refractivity contribution in [2.45, 2.75) is 102 Å². The minimum Gasteiger partial charge on any atom is -0.354 e. The maximum atomic E-state index is 11.6. The summed E-state index contributed by atoms with van der Waals surface area (Å²) in [6.07, 6.45) is 3.12. The predicted octanol–water partition coefficient (Wildman–Crippen LogP) is 11.3. The Morgan fingerprint density at radius 2 is 0.528 bits per heavy atom. The fourth-order valence-electron chi connectivity index (χ4n) is 8.54. The van der Waals surface area contributed by atoms with Crippen molar-refractivity contribution in [3.63, 3.8) is 0 Å². The molecule has 0 fully saturated rings. The van der Waals surface area contributed by atoms with E-state index in [1.165, 1.54) is 78.9 Å². The van der Waals surface area contributed by atoms with Gasteiger partial charge in [-0.05, 0) is 190 Å². The van der Waals surface area contributed by atoms with Crippen molar-refractivity contribution in [2.24, 2.45) is 0 Å². The molecule has 0 unspecified atom stereocenters. The van der Waals surface area contributed by atoms with Gasteiger partial charge in [0.2, 0.25) is 0 Å². The first kappa shape index (κ1) is 72.4. The first-order valence-corrected chi connectivity index (χ1v) is 36.0. The zero-order valence-electron chi connectivity index (χ0n) is 48.7. The van der Waals surface area contributed by atoms with Crippen LogP contribution in [-0.4, -0.2) is 90.8 Å². The number of hydrogen-bond donors (Lipinski definition) is 8. The molecule has 0 spiro atoms. The highest BCUT2D eigenvalue weighted by molar-refractivity contribution is 7.87. The summed E-state index contributed by atoms with van der Waals surface area (Å²) in [5.74, 6) is 0. The number of rotatable bonds is 15. The van der Waals surface area contributed by atoms with E-state index in [1.54, 1.807) is 109 Å². The van der Waals surface area contributed by atoms with Crippen LogP contribution < -0.4 is 5.32 Å². The van der Waals surface area contributed by atoms with Gasteiger partial charge in [-0.1, -0.05) is 109 Å². The van der Waals surface area contributed by atoms with Gasteiger partial charge in [-0.3, -0.25) is 31.9 Å². The highest BCUT2D eigenvalue weighted by atomic mass is 32.2. The molecule has 0 aliphatic heterocycles. The van der Waals surface area contributed by atoms with Gasteiger partial charge >= 0.3 is 0 Å². The Kier molecular flexibility index (Phi) is 23.3. The summed E-state index contributed by atoms with van der Waals surface area (Å²) in [6, 6.07) is 39.1. The van der Waals surface area contributed by atoms with Crippen molar-refractivity contribution in [1.82, 2.24) is 0 Å². The van der Waals surface area contributed by atoms with Crippen LogP contribution in [0, 0.1) is 55.4 Å². The molecule has 0 saturated heterocycles. The topological polar surface area (TPSA) is 393 Å². The van der Waals surface area contributed by atoms with Crippen molar-refractivity contribution in [1.29, 1.82) is 0 Å². The zero-order valence-corrected chi connectivity index (χ0v) is 54.4. The summed E-state index contributed by atoms with van der Waals surface area (Å²) in [7, 11) is -30.9. The van der Waals surface area contributed by atoms with E-state index in [-0.39, 0.29) is 59.6 Å². The van der Waals surface area contributed by atoms with Crippen molar-refractivity contribution in [3.05, 3.63) is 218 Å². The van der Waals surface area contributed by atoms with Crippen LogP contribution in [0.5, 0.6) is 0 Å². The van der Waals surface area contributed by atoms with E-state index in [1.807, 2.05) is 31.2 Å². The van der Waals surface area contributed by atoms with Gasteiger partial charge in [0.1, 0.15) is 24.5 Å². The molecule has 29 heteroatoms. The maximum absolute atomic E-state index is 11.6. The molecule has 0 amide bonds. The lowest BCUT2D eigenvalue weighted by molar-refractivity contribution is 0.478. The third kappa shape index (κ3) is 21.1. The van der Waals surface area contributed by atoms with E-state index in [9.17, 15) is 90.8 Å². The molecular formula is C60H63NO21S7. The highest BCUT2D eigenvalue weighted by Crippen LogP contribution is 2.34. The molecule has 0 aliphatic rings. The lowest BCUT2D eigenvalue weighted by Gasteiger charge is -2.12. The van der Waals surface area contributed by atoms with Crippen LogP contribution in [0.1, 0.15) is 66.8 Å². The van der Waals surface area contributed by atoms with Crippen LogP contribution >= 0.6 is 0 Å². The molecule has 0 radical (unpaired) electrons. The van der Waals surface area contributed by atoms with Crippen LogP contribution in [0.2, 0.25) is 0 Å². The molecule has 476 valence electrons. The summed E-state index contributed by atoms with van der Waals surface area (Å²) < 4.78 is 226. The van der Waals surface area contributed by atoms with Gasteiger partial charge in [-0.2, -0.15) is 58.9 Å². The molecule has 0 aromatic heterocycles. The predicted molar refractivity (Wildman–Crippen MR) is 337 cm³/mol. The molecular weight excluding hydrogens is 1300 g/mol. The number of aryl methyl sites for hydroxylation is 10. The first-order chi connectivity index (χ1) is 40.8. The Morgan fingerprint density at radius 1 is 0.281 bits per heavy atom. The van der Waals surface area contributed by atoms with E-state index >= 15 is 0 Å². The second-order valence-corrected chi connectivity index (χ2v) is 30.2. The second kappa shape index (κ2) is 28.7. The van der Waals surface area contributed by atoms with Crippen molar-refractivity contribution < 1.29 is 90.8 Å². The monoisotopic (exact) mass is 1360 g/mol. The van der Waals surface area contributed by atoms with Crippen LogP contribution in [0.25, 0.3) is 23.3 Å². The Bertz CT molecular complexity index is 4610. The van der Waals surface area contributed by atoms with Gasteiger partial charge in [-0.25, -0.2) is 0 Å². The summed E-state index contributed by atoms with van der Waals surface area (Å²) >= 11 is 0. The largest absolute Gasteiger partial charge is 0.354 e. The summed E-state index contributed by atoms with van der Waals surface area (Å²) in [5.41, 5.74) is 7.98. The zero-order chi connectivity index (χ0) is 67.0. The quantitative estimate of drug-likeness (QED) is 0.0349. The number of benzene rings is 8. The fraction of sp³-hybridized carbons (Fsp3) is 0.167. The van der Waals surface area contributed by atoms with Gasteiger partial charge in [0, 0.05) is 16.8 Å². The molecule has 8 aromatic carbocycles. The lowest BCUT2D eigenvalue weighted by Crippen LogP contribution is -2.08. The Hall–Kier alpha value is -7.33. The number of anilines is 2. The minimum absolute atomic E-state index is 0.000671. The average Bonchev–Trinajstić information content (AvgIpc) is 2.40. The number of nitrogens with one attached hydrogen (secondary N) is 1. The molecule has 8 N–H and O–H groups in total. The molecule has 0 heterocycles. The van der Waals surface area contributed by atoms with Gasteiger partial charge in [0.15, 0.2) is 0 Å². The number of hydrogen-bond acceptors (Lipinski definition) is 15. The van der Waals surface area contributed by atoms with Gasteiger partial charge in [0.25, 0.3) is 70.8 Å². The fourth-order valence-corrected chi connectivity index (χ4v) is 14.1. The van der Waals surface area contributed by atoms with Crippen LogP contribution in [0.3, 0.4) is 0 Å². The van der Waals surface area contributed by atoms with Crippen molar-refractivity contribution in [2.75, 3.05) is 5.32 Å². The molecule has 89 heavy (non-hydrogen) atoms. The lowest BCUT2D eigenvalue weighted by atomic mass is 10.0. The molecule has 0 atom stereocenters. The summed E-state index contributed by atoms with van der Waals surface area (Å²) in [4.78, 5) is -1.89. The second-order valence-electron chi connectivity index (χ2n) is 20.5. The molecule has 22 nitrogen and oxygen atoms in total. The maximum Gasteiger partial charge on any atom is 0.296 e. The molecule has 0 aliphatic carbocycles.